The minimum atomic E-state index is -3.66. The lowest BCUT2D eigenvalue weighted by Gasteiger charge is -2.37. The van der Waals surface area contributed by atoms with Crippen LogP contribution in [0.3, 0.4) is 0 Å². The van der Waals surface area contributed by atoms with E-state index < -0.39 is 15.9 Å². The van der Waals surface area contributed by atoms with Crippen LogP contribution in [-0.2, 0) is 26.3 Å². The van der Waals surface area contributed by atoms with Crippen molar-refractivity contribution in [3.05, 3.63) is 47.5 Å². The molecule has 174 valence electrons. The molecule has 2 bridgehead atoms. The second-order valence-corrected chi connectivity index (χ2v) is 12.2. The number of oxime groups is 1. The topological polar surface area (TPSA) is 76.0 Å². The van der Waals surface area contributed by atoms with Crippen LogP contribution in [0.2, 0.25) is 0 Å². The first kappa shape index (κ1) is 23.0. The molecule has 4 atom stereocenters. The van der Waals surface area contributed by atoms with E-state index in [-0.39, 0.29) is 28.5 Å². The van der Waals surface area contributed by atoms with Gasteiger partial charge in [-0.3, -0.25) is 4.79 Å². The monoisotopic (exact) mass is 458 g/mol. The van der Waals surface area contributed by atoms with Crippen LogP contribution in [0.5, 0.6) is 0 Å². The van der Waals surface area contributed by atoms with Gasteiger partial charge in [-0.1, -0.05) is 61.0 Å². The third-order valence-corrected chi connectivity index (χ3v) is 10.0. The van der Waals surface area contributed by atoms with Gasteiger partial charge in [0.05, 0.1) is 23.9 Å². The lowest BCUT2D eigenvalue weighted by Crippen LogP contribution is -2.46. The van der Waals surface area contributed by atoms with Crippen LogP contribution < -0.4 is 0 Å². The van der Waals surface area contributed by atoms with Crippen molar-refractivity contribution in [2.24, 2.45) is 27.8 Å². The highest BCUT2D eigenvalue weighted by Gasteiger charge is 2.72. The largest absolute Gasteiger partial charge is 0.391 e. The van der Waals surface area contributed by atoms with E-state index in [2.05, 4.69) is 19.0 Å². The summed E-state index contributed by atoms with van der Waals surface area (Å²) in [6.45, 7) is 8.60. The molecule has 1 aromatic rings. The molecule has 3 aliphatic rings. The number of benzene rings is 1. The maximum absolute atomic E-state index is 13.6. The van der Waals surface area contributed by atoms with E-state index in [1.165, 1.54) is 10.5 Å². The number of fused-ring (bicyclic) bond motifs is 1. The molecule has 1 amide bonds. The van der Waals surface area contributed by atoms with Gasteiger partial charge in [-0.15, -0.1) is 0 Å². The molecule has 1 aliphatic heterocycles. The van der Waals surface area contributed by atoms with E-state index in [1.807, 2.05) is 50.3 Å². The average molecular weight is 459 g/mol. The molecule has 0 radical (unpaired) electrons. The molecular weight excluding hydrogens is 424 g/mol. The van der Waals surface area contributed by atoms with Crippen molar-refractivity contribution in [3.8, 4) is 0 Å². The number of hydrogen-bond acceptors (Lipinski definition) is 5. The first-order valence-corrected chi connectivity index (χ1v) is 13.1. The van der Waals surface area contributed by atoms with Crippen LogP contribution in [0.4, 0.5) is 0 Å². The number of nitrogens with zero attached hydrogens (tertiary/aromatic N) is 2. The fraction of sp³-hybridized carbons (Fsp3) is 0.600. The Labute approximate surface area is 191 Å². The Morgan fingerprint density at radius 2 is 2.00 bits per heavy atom. The number of carbonyl (C=O) groups excluding carboxylic acids is 1. The molecule has 0 N–H and O–H groups in total. The van der Waals surface area contributed by atoms with Crippen molar-refractivity contribution in [1.29, 1.82) is 0 Å². The SMILES string of the molecule is CC(C)=CC[C@H](/C=N\OCc1ccccc1)C(=O)N1[C@@H]2C[C@H]3CC[C@]2(CS1(=O)=O)C3(C)C. The molecule has 3 fully saturated rings. The van der Waals surface area contributed by atoms with Crippen LogP contribution in [0, 0.1) is 22.7 Å². The van der Waals surface area contributed by atoms with E-state index in [4.69, 9.17) is 4.84 Å². The van der Waals surface area contributed by atoms with Gasteiger partial charge in [-0.05, 0) is 56.4 Å². The lowest BCUT2D eigenvalue weighted by molar-refractivity contribution is -0.131. The smallest absolute Gasteiger partial charge is 0.245 e. The molecule has 7 heteroatoms. The normalized spacial score (nSPS) is 30.3. The molecule has 2 saturated carbocycles. The summed E-state index contributed by atoms with van der Waals surface area (Å²) in [5.74, 6) is -0.498. The highest BCUT2D eigenvalue weighted by Crippen LogP contribution is 2.70. The zero-order valence-corrected chi connectivity index (χ0v) is 20.3. The van der Waals surface area contributed by atoms with Gasteiger partial charge in [0.15, 0.2) is 0 Å². The molecule has 2 aliphatic carbocycles. The number of carbonyl (C=O) groups is 1. The molecule has 6 nitrogen and oxygen atoms in total. The molecule has 1 saturated heterocycles. The Balaban J connectivity index is 1.55. The number of rotatable bonds is 7. The minimum Gasteiger partial charge on any atom is -0.391 e. The molecule has 1 spiro atoms. The van der Waals surface area contributed by atoms with Gasteiger partial charge >= 0.3 is 0 Å². The van der Waals surface area contributed by atoms with Crippen molar-refractivity contribution in [1.82, 2.24) is 4.31 Å². The van der Waals surface area contributed by atoms with Gasteiger partial charge in [0, 0.05) is 5.41 Å². The van der Waals surface area contributed by atoms with Gasteiger partial charge in [-0.25, -0.2) is 12.7 Å². The fourth-order valence-electron chi connectivity index (χ4n) is 6.13. The standard InChI is InChI=1S/C25H34N2O4S/c1-18(2)10-11-20(15-26-31-16-19-8-6-5-7-9-19)23(28)27-22-14-21-12-13-25(22,24(21,3)4)17-32(27,29)30/h5-10,15,20-22H,11-14,16-17H2,1-4H3/b26-15-/t20-,21-,22-,25-/m1/s1. The zero-order valence-electron chi connectivity index (χ0n) is 19.5. The Morgan fingerprint density at radius 1 is 1.28 bits per heavy atom. The summed E-state index contributed by atoms with van der Waals surface area (Å²) < 4.78 is 27.8. The minimum absolute atomic E-state index is 0.0674. The lowest BCUT2D eigenvalue weighted by atomic mass is 9.69. The second-order valence-electron chi connectivity index (χ2n) is 10.4. The van der Waals surface area contributed by atoms with Gasteiger partial charge in [0.1, 0.15) is 6.61 Å². The molecule has 1 heterocycles. The number of amides is 1. The van der Waals surface area contributed by atoms with E-state index in [9.17, 15) is 13.2 Å². The number of hydrogen-bond donors (Lipinski definition) is 0. The Kier molecular flexibility index (Phi) is 5.99. The maximum atomic E-state index is 13.6. The molecule has 4 rings (SSSR count). The number of sulfonamides is 1. The molecule has 0 unspecified atom stereocenters. The van der Waals surface area contributed by atoms with E-state index in [1.54, 1.807) is 0 Å². The summed E-state index contributed by atoms with van der Waals surface area (Å²) >= 11 is 0. The fourth-order valence-corrected chi connectivity index (χ4v) is 8.72. The maximum Gasteiger partial charge on any atom is 0.245 e. The van der Waals surface area contributed by atoms with Gasteiger partial charge < -0.3 is 4.84 Å². The highest BCUT2D eigenvalue weighted by atomic mass is 32.2. The molecule has 32 heavy (non-hydrogen) atoms. The molecule has 1 aromatic carbocycles. The number of allylic oxidation sites excluding steroid dienone is 2. The third kappa shape index (κ3) is 3.78. The van der Waals surface area contributed by atoms with Crippen molar-refractivity contribution in [3.63, 3.8) is 0 Å². The zero-order chi connectivity index (χ0) is 23.1. The highest BCUT2D eigenvalue weighted by molar-refractivity contribution is 7.90. The van der Waals surface area contributed by atoms with Crippen molar-refractivity contribution in [2.75, 3.05) is 5.75 Å². The van der Waals surface area contributed by atoms with Gasteiger partial charge in [0.2, 0.25) is 15.9 Å². The van der Waals surface area contributed by atoms with Crippen LogP contribution in [-0.4, -0.2) is 36.6 Å². The van der Waals surface area contributed by atoms with Crippen molar-refractivity contribution < 1.29 is 18.0 Å². The van der Waals surface area contributed by atoms with Crippen LogP contribution >= 0.6 is 0 Å². The summed E-state index contributed by atoms with van der Waals surface area (Å²) in [4.78, 5) is 19.1. The Morgan fingerprint density at radius 3 is 2.66 bits per heavy atom. The van der Waals surface area contributed by atoms with Crippen LogP contribution in [0.25, 0.3) is 0 Å². The predicted molar refractivity (Wildman–Crippen MR) is 125 cm³/mol. The first-order chi connectivity index (χ1) is 15.1. The summed E-state index contributed by atoms with van der Waals surface area (Å²) in [6.07, 6.45) is 6.54. The van der Waals surface area contributed by atoms with E-state index in [0.29, 0.717) is 18.9 Å². The van der Waals surface area contributed by atoms with Crippen molar-refractivity contribution in [2.45, 2.75) is 66.0 Å². The van der Waals surface area contributed by atoms with Gasteiger partial charge in [0.25, 0.3) is 0 Å². The average Bonchev–Trinajstić information content (AvgIpc) is 3.21. The third-order valence-electron chi connectivity index (χ3n) is 8.11. The van der Waals surface area contributed by atoms with E-state index in [0.717, 1.165) is 30.4 Å². The second kappa shape index (κ2) is 8.32. The summed E-state index contributed by atoms with van der Waals surface area (Å²) in [5, 5.41) is 4.05. The van der Waals surface area contributed by atoms with Crippen molar-refractivity contribution >= 4 is 22.1 Å². The molecular formula is C25H34N2O4S. The summed E-state index contributed by atoms with van der Waals surface area (Å²) in [6, 6.07) is 9.42. The first-order valence-electron chi connectivity index (χ1n) is 11.5. The predicted octanol–water partition coefficient (Wildman–Crippen LogP) is 4.53. The van der Waals surface area contributed by atoms with E-state index >= 15 is 0 Å². The van der Waals surface area contributed by atoms with Crippen LogP contribution in [0.1, 0.15) is 58.9 Å². The summed E-state index contributed by atoms with van der Waals surface area (Å²) in [5.41, 5.74) is 1.66. The van der Waals surface area contributed by atoms with Gasteiger partial charge in [-0.2, -0.15) is 0 Å². The Hall–Kier alpha value is -2.15. The Bertz CT molecular complexity index is 1030. The molecule has 0 aromatic heterocycles. The van der Waals surface area contributed by atoms with Crippen LogP contribution in [0.15, 0.2) is 47.1 Å². The summed E-state index contributed by atoms with van der Waals surface area (Å²) in [7, 11) is -3.66. The quantitative estimate of drug-likeness (QED) is 0.342.